The van der Waals surface area contributed by atoms with E-state index in [1.165, 1.54) is 24.8 Å². The van der Waals surface area contributed by atoms with E-state index in [2.05, 4.69) is 6.08 Å². The Hall–Kier alpha value is -0.340. The van der Waals surface area contributed by atoms with Gasteiger partial charge in [-0.05, 0) is 25.3 Å². The van der Waals surface area contributed by atoms with E-state index in [4.69, 9.17) is 9.47 Å². The lowest BCUT2D eigenvalue weighted by atomic mass is 9.98. The number of hydrogen-bond donors (Lipinski definition) is 0. The van der Waals surface area contributed by atoms with Crippen LogP contribution in [0.25, 0.3) is 0 Å². The van der Waals surface area contributed by atoms with Gasteiger partial charge in [0.2, 0.25) is 0 Å². The average molecular weight is 154 g/mol. The lowest BCUT2D eigenvalue weighted by molar-refractivity contribution is -0.199. The first-order chi connectivity index (χ1) is 5.30. The predicted octanol–water partition coefficient (Wildman–Crippen LogP) is 1.72. The molecule has 1 atom stereocenters. The molecule has 11 heavy (non-hydrogen) atoms. The number of fused-ring (bicyclic) bond motifs is 2. The molecule has 0 aromatic rings. The maximum absolute atomic E-state index is 5.38. The number of rotatable bonds is 2. The van der Waals surface area contributed by atoms with Crippen molar-refractivity contribution in [3.05, 3.63) is 11.6 Å². The van der Waals surface area contributed by atoms with Gasteiger partial charge in [-0.3, -0.25) is 0 Å². The molecule has 0 spiro atoms. The normalized spacial score (nSPS) is 32.5. The molecule has 1 unspecified atom stereocenters. The predicted molar refractivity (Wildman–Crippen MR) is 42.2 cm³/mol. The van der Waals surface area contributed by atoms with Crippen molar-refractivity contribution in [3.8, 4) is 0 Å². The largest absolute Gasteiger partial charge is 0.349 e. The molecule has 1 fully saturated rings. The van der Waals surface area contributed by atoms with Crippen LogP contribution < -0.4 is 0 Å². The smallest absolute Gasteiger partial charge is 0.190 e. The molecular formula is C9H14O2. The van der Waals surface area contributed by atoms with Crippen LogP contribution in [0.4, 0.5) is 0 Å². The molecule has 0 amide bonds. The highest BCUT2D eigenvalue weighted by atomic mass is 16.7. The van der Waals surface area contributed by atoms with E-state index in [1.807, 2.05) is 0 Å². The van der Waals surface area contributed by atoms with E-state index in [-0.39, 0.29) is 5.79 Å². The van der Waals surface area contributed by atoms with Crippen molar-refractivity contribution >= 4 is 0 Å². The zero-order valence-corrected chi connectivity index (χ0v) is 7.09. The highest BCUT2D eigenvalue weighted by Crippen LogP contribution is 2.47. The van der Waals surface area contributed by atoms with Gasteiger partial charge in [0.05, 0.1) is 0 Å². The van der Waals surface area contributed by atoms with E-state index in [1.54, 1.807) is 14.2 Å². The summed E-state index contributed by atoms with van der Waals surface area (Å²) < 4.78 is 10.8. The highest BCUT2D eigenvalue weighted by molar-refractivity contribution is 5.24. The fourth-order valence-corrected chi connectivity index (χ4v) is 2.29. The summed E-state index contributed by atoms with van der Waals surface area (Å²) in [7, 11) is 3.45. The van der Waals surface area contributed by atoms with Crippen LogP contribution in [-0.4, -0.2) is 20.0 Å². The minimum Gasteiger partial charge on any atom is -0.349 e. The molecule has 0 heterocycles. The van der Waals surface area contributed by atoms with Gasteiger partial charge in [-0.15, -0.1) is 0 Å². The lowest BCUT2D eigenvalue weighted by Gasteiger charge is -2.31. The zero-order valence-electron chi connectivity index (χ0n) is 7.09. The van der Waals surface area contributed by atoms with E-state index in [0.29, 0.717) is 5.92 Å². The quantitative estimate of drug-likeness (QED) is 0.445. The molecule has 2 rings (SSSR count). The first kappa shape index (κ1) is 7.32. The van der Waals surface area contributed by atoms with Crippen LogP contribution >= 0.6 is 0 Å². The molecule has 2 aliphatic carbocycles. The van der Waals surface area contributed by atoms with Crippen LogP contribution in [0.5, 0.6) is 0 Å². The van der Waals surface area contributed by atoms with Gasteiger partial charge in [0, 0.05) is 20.1 Å². The first-order valence-corrected chi connectivity index (χ1v) is 4.11. The van der Waals surface area contributed by atoms with Crippen molar-refractivity contribution in [2.24, 2.45) is 5.92 Å². The summed E-state index contributed by atoms with van der Waals surface area (Å²) in [6.07, 6.45) is 5.81. The number of methoxy groups -OCH3 is 2. The van der Waals surface area contributed by atoms with Crippen molar-refractivity contribution in [1.82, 2.24) is 0 Å². The summed E-state index contributed by atoms with van der Waals surface area (Å²) >= 11 is 0. The van der Waals surface area contributed by atoms with Gasteiger partial charge in [-0.25, -0.2) is 0 Å². The number of hydrogen-bond acceptors (Lipinski definition) is 2. The van der Waals surface area contributed by atoms with Crippen LogP contribution in [0.3, 0.4) is 0 Å². The van der Waals surface area contributed by atoms with Gasteiger partial charge in [-0.2, -0.15) is 0 Å². The fraction of sp³-hybridized carbons (Fsp3) is 0.778. The van der Waals surface area contributed by atoms with E-state index < -0.39 is 0 Å². The molecule has 2 heteroatoms. The molecule has 0 radical (unpaired) electrons. The lowest BCUT2D eigenvalue weighted by Crippen LogP contribution is -2.37. The van der Waals surface area contributed by atoms with Gasteiger partial charge in [0.1, 0.15) is 0 Å². The molecule has 0 saturated heterocycles. The Kier molecular flexibility index (Phi) is 1.55. The Morgan fingerprint density at radius 1 is 1.45 bits per heavy atom. The van der Waals surface area contributed by atoms with Crippen molar-refractivity contribution < 1.29 is 9.47 Å². The molecule has 0 aromatic heterocycles. The third-order valence-electron chi connectivity index (χ3n) is 2.93. The van der Waals surface area contributed by atoms with Crippen molar-refractivity contribution in [1.29, 1.82) is 0 Å². The van der Waals surface area contributed by atoms with E-state index >= 15 is 0 Å². The Morgan fingerprint density at radius 2 is 2.18 bits per heavy atom. The van der Waals surface area contributed by atoms with Gasteiger partial charge in [0.15, 0.2) is 5.79 Å². The first-order valence-electron chi connectivity index (χ1n) is 4.11. The third-order valence-corrected chi connectivity index (χ3v) is 2.93. The Labute approximate surface area is 67.2 Å². The van der Waals surface area contributed by atoms with Gasteiger partial charge in [-0.1, -0.05) is 5.57 Å². The molecule has 2 nitrogen and oxygen atoms in total. The van der Waals surface area contributed by atoms with Crippen LogP contribution in [0.15, 0.2) is 11.6 Å². The molecule has 2 aliphatic rings. The van der Waals surface area contributed by atoms with E-state index in [0.717, 1.165) is 0 Å². The minimum atomic E-state index is -0.367. The standard InChI is InChI=1S/C9H14O2/c1-10-9(11-2)6-7-3-4-8(9)5-7/h6,8H,3-5H2,1-2H3. The summed E-state index contributed by atoms with van der Waals surface area (Å²) in [6, 6.07) is 0. The van der Waals surface area contributed by atoms with Crippen LogP contribution in [0, 0.1) is 5.92 Å². The summed E-state index contributed by atoms with van der Waals surface area (Å²) in [5.41, 5.74) is 1.51. The molecule has 0 N–H and O–H groups in total. The second-order valence-corrected chi connectivity index (χ2v) is 3.37. The highest BCUT2D eigenvalue weighted by Gasteiger charge is 2.46. The minimum absolute atomic E-state index is 0.367. The maximum Gasteiger partial charge on any atom is 0.190 e. The summed E-state index contributed by atoms with van der Waals surface area (Å²) in [5.74, 6) is 0.209. The van der Waals surface area contributed by atoms with Crippen LogP contribution in [-0.2, 0) is 9.47 Å². The maximum atomic E-state index is 5.38. The molecule has 0 aliphatic heterocycles. The van der Waals surface area contributed by atoms with Crippen molar-refractivity contribution in [2.45, 2.75) is 25.0 Å². The number of allylic oxidation sites excluding steroid dienone is 1. The van der Waals surface area contributed by atoms with Gasteiger partial charge < -0.3 is 9.47 Å². The Bertz CT molecular complexity index is 192. The molecule has 1 saturated carbocycles. The summed E-state index contributed by atoms with van der Waals surface area (Å²) in [5, 5.41) is 0. The molecular weight excluding hydrogens is 140 g/mol. The SMILES string of the molecule is COC1(OC)C=C2CCC1C2. The summed E-state index contributed by atoms with van der Waals surface area (Å²) in [4.78, 5) is 0. The van der Waals surface area contributed by atoms with Gasteiger partial charge in [0.25, 0.3) is 0 Å². The van der Waals surface area contributed by atoms with Crippen molar-refractivity contribution in [2.75, 3.05) is 14.2 Å². The third kappa shape index (κ3) is 0.861. The average Bonchev–Trinajstić information content (AvgIpc) is 2.62. The van der Waals surface area contributed by atoms with Gasteiger partial charge >= 0.3 is 0 Å². The van der Waals surface area contributed by atoms with Crippen LogP contribution in [0.1, 0.15) is 19.3 Å². The zero-order chi connectivity index (χ0) is 7.90. The monoisotopic (exact) mass is 154 g/mol. The second-order valence-electron chi connectivity index (χ2n) is 3.37. The Balaban J connectivity index is 2.27. The topological polar surface area (TPSA) is 18.5 Å². The number of ether oxygens (including phenoxy) is 2. The van der Waals surface area contributed by atoms with Crippen molar-refractivity contribution in [3.63, 3.8) is 0 Å². The molecule has 62 valence electrons. The van der Waals surface area contributed by atoms with E-state index in [9.17, 15) is 0 Å². The Morgan fingerprint density at radius 3 is 2.45 bits per heavy atom. The molecule has 2 bridgehead atoms. The molecule has 0 aromatic carbocycles. The summed E-state index contributed by atoms with van der Waals surface area (Å²) in [6.45, 7) is 0. The van der Waals surface area contributed by atoms with Crippen LogP contribution in [0.2, 0.25) is 0 Å². The fourth-order valence-electron chi connectivity index (χ4n) is 2.29. The second kappa shape index (κ2) is 2.32.